The molecule has 20 heavy (non-hydrogen) atoms. The Hall–Kier alpha value is -1.75. The van der Waals surface area contributed by atoms with Gasteiger partial charge in [-0.1, -0.05) is 18.2 Å². The standard InChI is InChI=1S/C15H25N3O2/c1-18(15(19)17-11-7-13-20-2)12-6-10-16-14-8-4-3-5-9-14/h3-5,8-9,16H,6-7,10-13H2,1-2H3,(H,17,19). The zero-order chi connectivity index (χ0) is 14.6. The van der Waals surface area contributed by atoms with Crippen molar-refractivity contribution in [3.8, 4) is 0 Å². The van der Waals surface area contributed by atoms with Gasteiger partial charge in [-0.25, -0.2) is 4.79 Å². The zero-order valence-electron chi connectivity index (χ0n) is 12.4. The van der Waals surface area contributed by atoms with Crippen LogP contribution < -0.4 is 10.6 Å². The van der Waals surface area contributed by atoms with E-state index >= 15 is 0 Å². The summed E-state index contributed by atoms with van der Waals surface area (Å²) in [6.45, 7) is 2.91. The third-order valence-corrected chi connectivity index (χ3v) is 2.92. The van der Waals surface area contributed by atoms with Crippen LogP contribution in [0.5, 0.6) is 0 Å². The number of nitrogens with one attached hydrogen (secondary N) is 2. The molecule has 2 N–H and O–H groups in total. The number of benzene rings is 1. The number of hydrogen-bond acceptors (Lipinski definition) is 3. The van der Waals surface area contributed by atoms with Gasteiger partial charge in [-0.15, -0.1) is 0 Å². The molecule has 0 saturated heterocycles. The number of amides is 2. The van der Waals surface area contributed by atoms with Gasteiger partial charge in [0, 0.05) is 46.1 Å². The average Bonchev–Trinajstić information content (AvgIpc) is 2.48. The fourth-order valence-electron chi connectivity index (χ4n) is 1.75. The highest BCUT2D eigenvalue weighted by Crippen LogP contribution is 2.04. The van der Waals surface area contributed by atoms with Crippen LogP contribution in [0.1, 0.15) is 12.8 Å². The summed E-state index contributed by atoms with van der Waals surface area (Å²) in [6.07, 6.45) is 1.75. The highest BCUT2D eigenvalue weighted by Gasteiger charge is 2.06. The van der Waals surface area contributed by atoms with Gasteiger partial charge < -0.3 is 20.3 Å². The highest BCUT2D eigenvalue weighted by molar-refractivity contribution is 5.73. The fraction of sp³-hybridized carbons (Fsp3) is 0.533. The molecule has 0 fully saturated rings. The lowest BCUT2D eigenvalue weighted by molar-refractivity contribution is 0.189. The Balaban J connectivity index is 2.07. The van der Waals surface area contributed by atoms with E-state index in [1.54, 1.807) is 12.0 Å². The molecule has 1 aromatic rings. The number of para-hydroxylation sites is 1. The van der Waals surface area contributed by atoms with Crippen LogP contribution in [0, 0.1) is 0 Å². The van der Waals surface area contributed by atoms with E-state index in [4.69, 9.17) is 4.74 Å². The van der Waals surface area contributed by atoms with E-state index in [9.17, 15) is 4.79 Å². The van der Waals surface area contributed by atoms with E-state index in [-0.39, 0.29) is 6.03 Å². The van der Waals surface area contributed by atoms with Crippen LogP contribution in [0.3, 0.4) is 0 Å². The van der Waals surface area contributed by atoms with E-state index < -0.39 is 0 Å². The quantitative estimate of drug-likeness (QED) is 0.681. The summed E-state index contributed by atoms with van der Waals surface area (Å²) >= 11 is 0. The molecule has 0 aliphatic heterocycles. The van der Waals surface area contributed by atoms with Crippen LogP contribution in [0.2, 0.25) is 0 Å². The minimum Gasteiger partial charge on any atom is -0.385 e. The summed E-state index contributed by atoms with van der Waals surface area (Å²) in [5.41, 5.74) is 1.11. The van der Waals surface area contributed by atoms with Crippen molar-refractivity contribution in [1.29, 1.82) is 0 Å². The monoisotopic (exact) mass is 279 g/mol. The first kappa shape index (κ1) is 16.3. The lowest BCUT2D eigenvalue weighted by atomic mass is 10.3. The average molecular weight is 279 g/mol. The van der Waals surface area contributed by atoms with Crippen molar-refractivity contribution in [1.82, 2.24) is 10.2 Å². The molecule has 0 heterocycles. The van der Waals surface area contributed by atoms with Crippen LogP contribution in [0.25, 0.3) is 0 Å². The molecule has 0 bridgehead atoms. The molecule has 0 radical (unpaired) electrons. The Labute approximate surface area is 121 Å². The second kappa shape index (κ2) is 10.1. The number of anilines is 1. The van der Waals surface area contributed by atoms with Crippen LogP contribution >= 0.6 is 0 Å². The lowest BCUT2D eigenvalue weighted by Crippen LogP contribution is -2.38. The molecule has 1 aromatic carbocycles. The molecule has 0 aliphatic rings. The summed E-state index contributed by atoms with van der Waals surface area (Å²) < 4.78 is 4.93. The summed E-state index contributed by atoms with van der Waals surface area (Å²) in [4.78, 5) is 13.4. The molecule has 0 unspecified atom stereocenters. The van der Waals surface area contributed by atoms with Gasteiger partial charge in [0.1, 0.15) is 0 Å². The molecule has 0 saturated carbocycles. The first-order valence-electron chi connectivity index (χ1n) is 7.01. The van der Waals surface area contributed by atoms with Gasteiger partial charge in [0.25, 0.3) is 0 Å². The van der Waals surface area contributed by atoms with Crippen LogP contribution in [-0.4, -0.2) is 51.3 Å². The largest absolute Gasteiger partial charge is 0.385 e. The molecule has 2 amide bonds. The van der Waals surface area contributed by atoms with Crippen molar-refractivity contribution in [3.63, 3.8) is 0 Å². The van der Waals surface area contributed by atoms with Crippen molar-refractivity contribution in [2.24, 2.45) is 0 Å². The van der Waals surface area contributed by atoms with Crippen molar-refractivity contribution >= 4 is 11.7 Å². The second-order valence-corrected chi connectivity index (χ2v) is 4.65. The topological polar surface area (TPSA) is 53.6 Å². The van der Waals surface area contributed by atoms with E-state index in [0.717, 1.165) is 31.6 Å². The van der Waals surface area contributed by atoms with Gasteiger partial charge in [0.15, 0.2) is 0 Å². The number of ether oxygens (including phenoxy) is 1. The maximum Gasteiger partial charge on any atom is 0.317 e. The zero-order valence-corrected chi connectivity index (χ0v) is 12.4. The Bertz CT molecular complexity index is 371. The number of methoxy groups -OCH3 is 1. The Morgan fingerprint density at radius 1 is 1.20 bits per heavy atom. The van der Waals surface area contributed by atoms with Crippen molar-refractivity contribution in [2.75, 3.05) is 45.7 Å². The number of carbonyl (C=O) groups is 1. The normalized spacial score (nSPS) is 10.1. The Morgan fingerprint density at radius 2 is 1.95 bits per heavy atom. The van der Waals surface area contributed by atoms with E-state index in [2.05, 4.69) is 10.6 Å². The van der Waals surface area contributed by atoms with Crippen molar-refractivity contribution < 1.29 is 9.53 Å². The number of hydrogen-bond donors (Lipinski definition) is 2. The second-order valence-electron chi connectivity index (χ2n) is 4.65. The molecule has 5 nitrogen and oxygen atoms in total. The molecule has 0 atom stereocenters. The SMILES string of the molecule is COCCCNC(=O)N(C)CCCNc1ccccc1. The summed E-state index contributed by atoms with van der Waals surface area (Å²) in [7, 11) is 3.47. The molecular weight excluding hydrogens is 254 g/mol. The van der Waals surface area contributed by atoms with Gasteiger partial charge in [0.05, 0.1) is 0 Å². The third-order valence-electron chi connectivity index (χ3n) is 2.92. The molecule has 0 aliphatic carbocycles. The minimum atomic E-state index is -0.0270. The summed E-state index contributed by atoms with van der Waals surface area (Å²) in [5.74, 6) is 0. The van der Waals surface area contributed by atoms with Gasteiger partial charge in [-0.05, 0) is 25.0 Å². The summed E-state index contributed by atoms with van der Waals surface area (Å²) in [6, 6.07) is 10.0. The maximum absolute atomic E-state index is 11.7. The van der Waals surface area contributed by atoms with Gasteiger partial charge in [0.2, 0.25) is 0 Å². The summed E-state index contributed by atoms with van der Waals surface area (Å²) in [5, 5.41) is 6.19. The molecule has 1 rings (SSSR count). The molecular formula is C15H25N3O2. The minimum absolute atomic E-state index is 0.0270. The van der Waals surface area contributed by atoms with E-state index in [1.807, 2.05) is 37.4 Å². The smallest absolute Gasteiger partial charge is 0.317 e. The van der Waals surface area contributed by atoms with Crippen LogP contribution in [0.4, 0.5) is 10.5 Å². The third kappa shape index (κ3) is 6.99. The fourth-order valence-corrected chi connectivity index (χ4v) is 1.75. The molecule has 0 spiro atoms. The number of carbonyl (C=O) groups excluding carboxylic acids is 1. The van der Waals surface area contributed by atoms with Gasteiger partial charge in [-0.2, -0.15) is 0 Å². The van der Waals surface area contributed by atoms with Gasteiger partial charge in [-0.3, -0.25) is 0 Å². The number of urea groups is 1. The Morgan fingerprint density at radius 3 is 2.65 bits per heavy atom. The predicted octanol–water partition coefficient (Wildman–Crippen LogP) is 2.17. The molecule has 5 heteroatoms. The maximum atomic E-state index is 11.7. The predicted molar refractivity (Wildman–Crippen MR) is 82.1 cm³/mol. The Kier molecular flexibility index (Phi) is 8.22. The van der Waals surface area contributed by atoms with Crippen LogP contribution in [-0.2, 0) is 4.74 Å². The highest BCUT2D eigenvalue weighted by atomic mass is 16.5. The first-order chi connectivity index (χ1) is 9.74. The number of nitrogens with zero attached hydrogens (tertiary/aromatic N) is 1. The van der Waals surface area contributed by atoms with Crippen LogP contribution in [0.15, 0.2) is 30.3 Å². The van der Waals surface area contributed by atoms with E-state index in [0.29, 0.717) is 13.2 Å². The molecule has 0 aromatic heterocycles. The van der Waals surface area contributed by atoms with Gasteiger partial charge >= 0.3 is 6.03 Å². The first-order valence-corrected chi connectivity index (χ1v) is 7.01. The van der Waals surface area contributed by atoms with Crippen molar-refractivity contribution in [3.05, 3.63) is 30.3 Å². The number of rotatable bonds is 9. The lowest BCUT2D eigenvalue weighted by Gasteiger charge is -2.18. The van der Waals surface area contributed by atoms with Crippen molar-refractivity contribution in [2.45, 2.75) is 12.8 Å². The van der Waals surface area contributed by atoms with E-state index in [1.165, 1.54) is 0 Å². The molecule has 112 valence electrons.